The molecule has 0 aliphatic rings. The molecule has 5 heteroatoms. The Bertz CT molecular complexity index is 459. The first kappa shape index (κ1) is 30.7. The van der Waals surface area contributed by atoms with Gasteiger partial charge in [-0.05, 0) is 18.3 Å². The van der Waals surface area contributed by atoms with E-state index in [1.165, 1.54) is 70.6 Å². The average Bonchev–Trinajstić information content (AvgIpc) is 2.74. The molecule has 0 aromatic rings. The highest BCUT2D eigenvalue weighted by atomic mass is 16.6. The highest BCUT2D eigenvalue weighted by Crippen LogP contribution is 2.14. The predicted molar refractivity (Wildman–Crippen MR) is 134 cm³/mol. The number of ether oxygens (including phenoxy) is 2. The van der Waals surface area contributed by atoms with E-state index in [0.29, 0.717) is 19.6 Å². The van der Waals surface area contributed by atoms with Crippen LogP contribution < -0.4 is 5.32 Å². The molecule has 1 N–H and O–H groups in total. The van der Waals surface area contributed by atoms with Gasteiger partial charge < -0.3 is 14.8 Å². The Balaban J connectivity index is 3.82. The van der Waals surface area contributed by atoms with Crippen molar-refractivity contribution >= 4 is 12.1 Å². The maximum absolute atomic E-state index is 12.4. The van der Waals surface area contributed by atoms with Crippen LogP contribution >= 0.6 is 0 Å². The molecule has 1 amide bonds. The second-order valence-corrected chi connectivity index (χ2v) is 10.4. The molecule has 190 valence electrons. The first-order valence-corrected chi connectivity index (χ1v) is 13.4. The molecule has 0 aliphatic carbocycles. The number of carbonyl (C=O) groups is 2. The average molecular weight is 456 g/mol. The van der Waals surface area contributed by atoms with Crippen molar-refractivity contribution in [2.24, 2.45) is 5.41 Å². The summed E-state index contributed by atoms with van der Waals surface area (Å²) in [5.41, 5.74) is -0.106. The Hall–Kier alpha value is -1.26. The fourth-order valence-electron chi connectivity index (χ4n) is 3.52. The molecule has 0 aromatic carbocycles. The lowest BCUT2D eigenvalue weighted by atomic mass is 9.99. The maximum Gasteiger partial charge on any atom is 0.407 e. The zero-order valence-corrected chi connectivity index (χ0v) is 21.9. The third-order valence-corrected chi connectivity index (χ3v) is 5.55. The van der Waals surface area contributed by atoms with Crippen molar-refractivity contribution in [3.63, 3.8) is 0 Å². The molecule has 0 aromatic heterocycles. The largest absolute Gasteiger partial charge is 0.464 e. The summed E-state index contributed by atoms with van der Waals surface area (Å²) in [5, 5.41) is 2.69. The fraction of sp³-hybridized carbons (Fsp3) is 0.926. The van der Waals surface area contributed by atoms with Gasteiger partial charge in [-0.3, -0.25) is 0 Å². The topological polar surface area (TPSA) is 64.6 Å². The van der Waals surface area contributed by atoms with Crippen LogP contribution in [0.1, 0.15) is 137 Å². The molecule has 1 atom stereocenters. The summed E-state index contributed by atoms with van der Waals surface area (Å²) in [7, 11) is 0. The van der Waals surface area contributed by atoms with Crippen molar-refractivity contribution in [1.82, 2.24) is 5.32 Å². The van der Waals surface area contributed by atoms with Gasteiger partial charge in [0.05, 0.1) is 13.2 Å². The van der Waals surface area contributed by atoms with Crippen LogP contribution in [0.3, 0.4) is 0 Å². The summed E-state index contributed by atoms with van der Waals surface area (Å²) < 4.78 is 10.7. The molecule has 0 heterocycles. The summed E-state index contributed by atoms with van der Waals surface area (Å²) in [6.45, 7) is 11.1. The summed E-state index contributed by atoms with van der Waals surface area (Å²) >= 11 is 0. The zero-order valence-electron chi connectivity index (χ0n) is 21.9. The lowest BCUT2D eigenvalue weighted by Gasteiger charge is -2.21. The molecule has 1 unspecified atom stereocenters. The SMILES string of the molecule is CCCCCCCCCCCCCCCOC(=O)C(CCCC)NC(=O)OCC(C)(C)C. The number of rotatable bonds is 20. The van der Waals surface area contributed by atoms with E-state index in [4.69, 9.17) is 9.47 Å². The van der Waals surface area contributed by atoms with Crippen molar-refractivity contribution in [1.29, 1.82) is 0 Å². The van der Waals surface area contributed by atoms with E-state index in [2.05, 4.69) is 19.2 Å². The summed E-state index contributed by atoms with van der Waals surface area (Å²) in [6.07, 6.45) is 18.6. The number of esters is 1. The van der Waals surface area contributed by atoms with E-state index in [1.54, 1.807) is 0 Å². The normalized spacial score (nSPS) is 12.4. The Kier molecular flexibility index (Phi) is 19.6. The molecule has 0 saturated heterocycles. The quantitative estimate of drug-likeness (QED) is 0.149. The lowest BCUT2D eigenvalue weighted by Crippen LogP contribution is -2.42. The van der Waals surface area contributed by atoms with Crippen LogP contribution in [0, 0.1) is 5.41 Å². The highest BCUT2D eigenvalue weighted by molar-refractivity contribution is 5.81. The summed E-state index contributed by atoms with van der Waals surface area (Å²) in [5.74, 6) is -0.343. The van der Waals surface area contributed by atoms with Gasteiger partial charge in [-0.2, -0.15) is 0 Å². The molecule has 0 radical (unpaired) electrons. The van der Waals surface area contributed by atoms with E-state index in [9.17, 15) is 9.59 Å². The number of hydrogen-bond acceptors (Lipinski definition) is 4. The monoisotopic (exact) mass is 455 g/mol. The molecule has 0 spiro atoms. The third-order valence-electron chi connectivity index (χ3n) is 5.55. The molecule has 32 heavy (non-hydrogen) atoms. The van der Waals surface area contributed by atoms with Crippen LogP contribution in [0.4, 0.5) is 4.79 Å². The van der Waals surface area contributed by atoms with Gasteiger partial charge in [0.1, 0.15) is 6.04 Å². The number of nitrogens with one attached hydrogen (secondary N) is 1. The molecule has 0 bridgehead atoms. The van der Waals surface area contributed by atoms with Crippen LogP contribution in [0.25, 0.3) is 0 Å². The standard InChI is InChI=1S/C27H53NO4/c1-6-8-10-11-12-13-14-15-16-17-18-19-20-22-31-25(29)24(21-9-7-2)28-26(30)32-23-27(3,4)5/h24H,6-23H2,1-5H3,(H,28,30). The molecule has 0 fully saturated rings. The number of hydrogen-bond donors (Lipinski definition) is 1. The van der Waals surface area contributed by atoms with Gasteiger partial charge in [0, 0.05) is 0 Å². The van der Waals surface area contributed by atoms with Gasteiger partial charge in [0.2, 0.25) is 0 Å². The van der Waals surface area contributed by atoms with E-state index >= 15 is 0 Å². The van der Waals surface area contributed by atoms with Gasteiger partial charge in [-0.1, -0.05) is 125 Å². The van der Waals surface area contributed by atoms with Crippen molar-refractivity contribution < 1.29 is 19.1 Å². The number of unbranched alkanes of at least 4 members (excludes halogenated alkanes) is 13. The third kappa shape index (κ3) is 20.6. The van der Waals surface area contributed by atoms with Crippen LogP contribution in [-0.2, 0) is 14.3 Å². The Morgan fingerprint density at radius 2 is 1.16 bits per heavy atom. The van der Waals surface area contributed by atoms with E-state index < -0.39 is 12.1 Å². The minimum absolute atomic E-state index is 0.106. The van der Waals surface area contributed by atoms with Crippen molar-refractivity contribution in [2.75, 3.05) is 13.2 Å². The summed E-state index contributed by atoms with van der Waals surface area (Å²) in [6, 6.07) is -0.621. The predicted octanol–water partition coefficient (Wildman–Crippen LogP) is 7.95. The van der Waals surface area contributed by atoms with Crippen molar-refractivity contribution in [3.8, 4) is 0 Å². The number of carbonyl (C=O) groups excluding carboxylic acids is 2. The van der Waals surface area contributed by atoms with Crippen molar-refractivity contribution in [3.05, 3.63) is 0 Å². The van der Waals surface area contributed by atoms with Gasteiger partial charge in [-0.15, -0.1) is 0 Å². The van der Waals surface area contributed by atoms with Crippen LogP contribution in [0.5, 0.6) is 0 Å². The van der Waals surface area contributed by atoms with Gasteiger partial charge >= 0.3 is 12.1 Å². The van der Waals surface area contributed by atoms with E-state index in [0.717, 1.165) is 25.7 Å². The van der Waals surface area contributed by atoms with Crippen LogP contribution in [0.15, 0.2) is 0 Å². The van der Waals surface area contributed by atoms with Crippen molar-refractivity contribution in [2.45, 2.75) is 143 Å². The first-order chi connectivity index (χ1) is 15.3. The molecule has 0 aliphatic heterocycles. The van der Waals surface area contributed by atoms with Gasteiger partial charge in [0.25, 0.3) is 0 Å². The van der Waals surface area contributed by atoms with Gasteiger partial charge in [0.15, 0.2) is 0 Å². The molecular weight excluding hydrogens is 402 g/mol. The van der Waals surface area contributed by atoms with E-state index in [-0.39, 0.29) is 11.4 Å². The number of alkyl carbamates (subject to hydrolysis) is 1. The summed E-state index contributed by atoms with van der Waals surface area (Å²) in [4.78, 5) is 24.4. The Morgan fingerprint density at radius 1 is 0.688 bits per heavy atom. The Labute approximate surface area is 198 Å². The maximum atomic E-state index is 12.4. The van der Waals surface area contributed by atoms with Crippen LogP contribution in [0.2, 0.25) is 0 Å². The fourth-order valence-corrected chi connectivity index (χ4v) is 3.52. The van der Waals surface area contributed by atoms with Gasteiger partial charge in [-0.25, -0.2) is 9.59 Å². The molecule has 0 saturated carbocycles. The second kappa shape index (κ2) is 20.4. The minimum Gasteiger partial charge on any atom is -0.464 e. The smallest absolute Gasteiger partial charge is 0.407 e. The van der Waals surface area contributed by atoms with E-state index in [1.807, 2.05) is 20.8 Å². The minimum atomic E-state index is -0.621. The molecular formula is C27H53NO4. The first-order valence-electron chi connectivity index (χ1n) is 13.4. The van der Waals surface area contributed by atoms with Crippen LogP contribution in [-0.4, -0.2) is 31.3 Å². The number of amides is 1. The molecule has 0 rings (SSSR count). The highest BCUT2D eigenvalue weighted by Gasteiger charge is 2.23. The Morgan fingerprint density at radius 3 is 1.62 bits per heavy atom. The zero-order chi connectivity index (χ0) is 24.1. The second-order valence-electron chi connectivity index (χ2n) is 10.4. The molecule has 5 nitrogen and oxygen atoms in total. The lowest BCUT2D eigenvalue weighted by molar-refractivity contribution is -0.146.